The largest absolute Gasteiger partial charge is 0.326 e. The summed E-state index contributed by atoms with van der Waals surface area (Å²) in [6.45, 7) is 12.9. The molecule has 25 heavy (non-hydrogen) atoms. The van der Waals surface area contributed by atoms with Crippen molar-refractivity contribution in [1.29, 1.82) is 0 Å². The topological polar surface area (TPSA) is 29.1 Å². The third-order valence-electron chi connectivity index (χ3n) is 4.54. The molecule has 0 spiro atoms. The van der Waals surface area contributed by atoms with Crippen LogP contribution in [-0.2, 0) is 16.6 Å². The van der Waals surface area contributed by atoms with Crippen LogP contribution in [0.5, 0.6) is 0 Å². The SMILES string of the molecule is CC(C)Cc1ccc(C(C)C(=O)Nc2ccc(C(C)(C)C)cc2)cc1. The summed E-state index contributed by atoms with van der Waals surface area (Å²) in [7, 11) is 0. The summed E-state index contributed by atoms with van der Waals surface area (Å²) >= 11 is 0. The van der Waals surface area contributed by atoms with Crippen molar-refractivity contribution in [2.75, 3.05) is 5.32 Å². The van der Waals surface area contributed by atoms with Crippen molar-refractivity contribution in [3.63, 3.8) is 0 Å². The van der Waals surface area contributed by atoms with Crippen molar-refractivity contribution in [2.45, 2.75) is 59.3 Å². The molecule has 134 valence electrons. The Labute approximate surface area is 152 Å². The van der Waals surface area contributed by atoms with E-state index in [4.69, 9.17) is 0 Å². The normalized spacial score (nSPS) is 12.9. The predicted octanol–water partition coefficient (Wildman–Crippen LogP) is 5.92. The minimum atomic E-state index is -0.171. The van der Waals surface area contributed by atoms with Crippen molar-refractivity contribution in [2.24, 2.45) is 5.92 Å². The molecule has 0 aromatic heterocycles. The highest BCUT2D eigenvalue weighted by atomic mass is 16.1. The van der Waals surface area contributed by atoms with Gasteiger partial charge in [-0.15, -0.1) is 0 Å². The second-order valence-electron chi connectivity index (χ2n) is 8.38. The Hall–Kier alpha value is -2.09. The number of anilines is 1. The van der Waals surface area contributed by atoms with Crippen LogP contribution in [0.1, 0.15) is 64.2 Å². The van der Waals surface area contributed by atoms with Crippen LogP contribution in [0.4, 0.5) is 5.69 Å². The first kappa shape index (κ1) is 19.2. The van der Waals surface area contributed by atoms with Gasteiger partial charge in [-0.05, 0) is 53.5 Å². The van der Waals surface area contributed by atoms with Gasteiger partial charge in [0.15, 0.2) is 0 Å². The van der Waals surface area contributed by atoms with Crippen LogP contribution >= 0.6 is 0 Å². The summed E-state index contributed by atoms with van der Waals surface area (Å²) in [6.07, 6.45) is 1.07. The van der Waals surface area contributed by atoms with Gasteiger partial charge in [-0.2, -0.15) is 0 Å². The van der Waals surface area contributed by atoms with Crippen molar-refractivity contribution in [3.8, 4) is 0 Å². The molecular formula is C23H31NO. The molecule has 1 N–H and O–H groups in total. The van der Waals surface area contributed by atoms with E-state index in [-0.39, 0.29) is 17.2 Å². The molecule has 0 radical (unpaired) electrons. The molecule has 2 aromatic rings. The van der Waals surface area contributed by atoms with Gasteiger partial charge in [-0.1, -0.05) is 71.0 Å². The van der Waals surface area contributed by atoms with E-state index < -0.39 is 0 Å². The van der Waals surface area contributed by atoms with E-state index in [9.17, 15) is 4.79 Å². The average molecular weight is 338 g/mol. The van der Waals surface area contributed by atoms with Gasteiger partial charge in [0.25, 0.3) is 0 Å². The lowest BCUT2D eigenvalue weighted by Gasteiger charge is -2.19. The molecule has 0 saturated carbocycles. The monoisotopic (exact) mass is 337 g/mol. The first-order valence-corrected chi connectivity index (χ1v) is 9.17. The Morgan fingerprint density at radius 2 is 1.48 bits per heavy atom. The van der Waals surface area contributed by atoms with Crippen molar-refractivity contribution >= 4 is 11.6 Å². The number of hydrogen-bond donors (Lipinski definition) is 1. The van der Waals surface area contributed by atoms with E-state index in [1.54, 1.807) is 0 Å². The molecule has 0 heterocycles. The molecule has 0 bridgehead atoms. The molecule has 2 rings (SSSR count). The third-order valence-corrected chi connectivity index (χ3v) is 4.54. The van der Waals surface area contributed by atoms with Gasteiger partial charge >= 0.3 is 0 Å². The smallest absolute Gasteiger partial charge is 0.231 e. The number of benzene rings is 2. The summed E-state index contributed by atoms with van der Waals surface area (Å²) in [4.78, 5) is 12.5. The second kappa shape index (κ2) is 7.86. The predicted molar refractivity (Wildman–Crippen MR) is 107 cm³/mol. The van der Waals surface area contributed by atoms with Crippen molar-refractivity contribution in [3.05, 3.63) is 65.2 Å². The van der Waals surface area contributed by atoms with Gasteiger partial charge in [0, 0.05) is 5.69 Å². The highest BCUT2D eigenvalue weighted by molar-refractivity contribution is 5.95. The van der Waals surface area contributed by atoms with E-state index in [0.717, 1.165) is 17.7 Å². The molecule has 2 nitrogen and oxygen atoms in total. The fourth-order valence-electron chi connectivity index (χ4n) is 2.87. The second-order valence-corrected chi connectivity index (χ2v) is 8.38. The maximum absolute atomic E-state index is 12.5. The number of rotatable bonds is 5. The Bertz CT molecular complexity index is 690. The molecule has 1 unspecified atom stereocenters. The summed E-state index contributed by atoms with van der Waals surface area (Å²) in [5, 5.41) is 3.03. The quantitative estimate of drug-likeness (QED) is 0.720. The minimum absolute atomic E-state index is 0.0279. The fraction of sp³-hybridized carbons (Fsp3) is 0.435. The zero-order valence-corrected chi connectivity index (χ0v) is 16.4. The summed E-state index contributed by atoms with van der Waals surface area (Å²) in [6, 6.07) is 16.6. The molecule has 0 saturated heterocycles. The summed E-state index contributed by atoms with van der Waals surface area (Å²) in [5.41, 5.74) is 4.61. The highest BCUT2D eigenvalue weighted by Crippen LogP contribution is 2.24. The lowest BCUT2D eigenvalue weighted by atomic mass is 9.87. The zero-order chi connectivity index (χ0) is 18.6. The molecule has 2 heteroatoms. The first-order chi connectivity index (χ1) is 11.7. The first-order valence-electron chi connectivity index (χ1n) is 9.17. The minimum Gasteiger partial charge on any atom is -0.326 e. The zero-order valence-electron chi connectivity index (χ0n) is 16.4. The molecule has 1 amide bonds. The molecular weight excluding hydrogens is 306 g/mol. The Balaban J connectivity index is 2.02. The van der Waals surface area contributed by atoms with Crippen LogP contribution in [-0.4, -0.2) is 5.91 Å². The molecule has 0 aliphatic carbocycles. The van der Waals surface area contributed by atoms with Crippen LogP contribution in [0.25, 0.3) is 0 Å². The Morgan fingerprint density at radius 1 is 0.920 bits per heavy atom. The van der Waals surface area contributed by atoms with Crippen LogP contribution in [0, 0.1) is 5.92 Å². The maximum atomic E-state index is 12.5. The van der Waals surface area contributed by atoms with E-state index in [1.165, 1.54) is 11.1 Å². The van der Waals surface area contributed by atoms with Crippen LogP contribution in [0.3, 0.4) is 0 Å². The van der Waals surface area contributed by atoms with Gasteiger partial charge in [-0.25, -0.2) is 0 Å². The van der Waals surface area contributed by atoms with Gasteiger partial charge in [0.1, 0.15) is 0 Å². The maximum Gasteiger partial charge on any atom is 0.231 e. The van der Waals surface area contributed by atoms with Gasteiger partial charge < -0.3 is 5.32 Å². The van der Waals surface area contributed by atoms with Gasteiger partial charge in [0.05, 0.1) is 5.92 Å². The highest BCUT2D eigenvalue weighted by Gasteiger charge is 2.17. The fourth-order valence-corrected chi connectivity index (χ4v) is 2.87. The van der Waals surface area contributed by atoms with Crippen LogP contribution in [0.2, 0.25) is 0 Å². The van der Waals surface area contributed by atoms with Gasteiger partial charge in [0.2, 0.25) is 5.91 Å². The number of amides is 1. The van der Waals surface area contributed by atoms with E-state index in [2.05, 4.69) is 76.3 Å². The van der Waals surface area contributed by atoms with E-state index in [0.29, 0.717) is 5.92 Å². The summed E-state index contributed by atoms with van der Waals surface area (Å²) < 4.78 is 0. The number of hydrogen-bond acceptors (Lipinski definition) is 1. The molecule has 0 aliphatic heterocycles. The molecule has 0 aliphatic rings. The molecule has 0 fully saturated rings. The standard InChI is InChI=1S/C23H31NO/c1-16(2)15-18-7-9-19(10-8-18)17(3)22(25)24-21-13-11-20(12-14-21)23(4,5)6/h7-14,16-17H,15H2,1-6H3,(H,24,25). The number of carbonyl (C=O) groups is 1. The third kappa shape index (κ3) is 5.45. The Morgan fingerprint density at radius 3 is 1.96 bits per heavy atom. The lowest BCUT2D eigenvalue weighted by molar-refractivity contribution is -0.117. The molecule has 1 atom stereocenters. The molecule has 2 aromatic carbocycles. The van der Waals surface area contributed by atoms with Gasteiger partial charge in [-0.3, -0.25) is 4.79 Å². The van der Waals surface area contributed by atoms with Crippen LogP contribution in [0.15, 0.2) is 48.5 Å². The number of nitrogens with one attached hydrogen (secondary N) is 1. The van der Waals surface area contributed by atoms with E-state index >= 15 is 0 Å². The number of carbonyl (C=O) groups excluding carboxylic acids is 1. The summed E-state index contributed by atoms with van der Waals surface area (Å²) in [5.74, 6) is 0.498. The Kier molecular flexibility index (Phi) is 6.05. The lowest BCUT2D eigenvalue weighted by Crippen LogP contribution is -2.19. The van der Waals surface area contributed by atoms with Crippen molar-refractivity contribution in [1.82, 2.24) is 0 Å². The van der Waals surface area contributed by atoms with E-state index in [1.807, 2.05) is 19.1 Å². The van der Waals surface area contributed by atoms with Crippen molar-refractivity contribution < 1.29 is 4.79 Å². The van der Waals surface area contributed by atoms with Crippen LogP contribution < -0.4 is 5.32 Å². The average Bonchev–Trinajstić information content (AvgIpc) is 2.54.